The molecule has 1 rings (SSSR count). The molecule has 0 aromatic carbocycles. The molecule has 0 aromatic heterocycles. The first-order chi connectivity index (χ1) is 6.25. The van der Waals surface area contributed by atoms with Gasteiger partial charge in [-0.05, 0) is 5.41 Å². The minimum absolute atomic E-state index is 0.322. The summed E-state index contributed by atoms with van der Waals surface area (Å²) in [5.41, 5.74) is -0.322. The summed E-state index contributed by atoms with van der Waals surface area (Å²) in [6, 6.07) is -1.48. The third-order valence-corrected chi connectivity index (χ3v) is 2.61. The van der Waals surface area contributed by atoms with Gasteiger partial charge in [-0.15, -0.1) is 0 Å². The lowest BCUT2D eigenvalue weighted by molar-refractivity contribution is -0.158. The van der Waals surface area contributed by atoms with Crippen molar-refractivity contribution in [1.82, 2.24) is 5.32 Å². The van der Waals surface area contributed by atoms with Crippen molar-refractivity contribution in [2.75, 3.05) is 0 Å². The molecule has 1 fully saturated rings. The number of hydrogen-bond donors (Lipinski definition) is 3. The van der Waals surface area contributed by atoms with Crippen molar-refractivity contribution in [3.8, 4) is 0 Å². The molecule has 1 aliphatic rings. The Morgan fingerprint density at radius 3 is 1.64 bits per heavy atom. The molecule has 1 heterocycles. The molecule has 0 bridgehead atoms. The Balaban J connectivity index is 2.82. The van der Waals surface area contributed by atoms with Gasteiger partial charge in [0.2, 0.25) is 0 Å². The normalized spacial score (nSPS) is 32.1. The summed E-state index contributed by atoms with van der Waals surface area (Å²) in [6.07, 6.45) is 0. The second kappa shape index (κ2) is 3.24. The maximum atomic E-state index is 10.8. The van der Waals surface area contributed by atoms with Gasteiger partial charge in [-0.3, -0.25) is 14.9 Å². The van der Waals surface area contributed by atoms with E-state index in [1.54, 1.807) is 0 Å². The molecular weight excluding hydrogens is 186 g/mol. The van der Waals surface area contributed by atoms with Crippen molar-refractivity contribution in [3.05, 3.63) is 0 Å². The van der Waals surface area contributed by atoms with E-state index in [2.05, 4.69) is 5.32 Å². The molecule has 2 unspecified atom stereocenters. The Kier molecular flexibility index (Phi) is 2.54. The maximum absolute atomic E-state index is 10.8. The Morgan fingerprint density at radius 1 is 1.07 bits per heavy atom. The highest BCUT2D eigenvalue weighted by Crippen LogP contribution is 2.37. The van der Waals surface area contributed by atoms with E-state index in [0.717, 1.165) is 0 Å². The van der Waals surface area contributed by atoms with Gasteiger partial charge in [-0.25, -0.2) is 0 Å². The average molecular weight is 201 g/mol. The summed E-state index contributed by atoms with van der Waals surface area (Å²) in [7, 11) is 0. The molecule has 2 atom stereocenters. The van der Waals surface area contributed by atoms with Crippen molar-refractivity contribution < 1.29 is 19.8 Å². The van der Waals surface area contributed by atoms with Gasteiger partial charge in [0.05, 0.1) is 0 Å². The topological polar surface area (TPSA) is 86.6 Å². The zero-order valence-corrected chi connectivity index (χ0v) is 8.44. The lowest BCUT2D eigenvalue weighted by Gasteiger charge is -2.48. The van der Waals surface area contributed by atoms with Gasteiger partial charge in [0, 0.05) is 5.92 Å². The third kappa shape index (κ3) is 1.72. The van der Waals surface area contributed by atoms with Crippen molar-refractivity contribution in [2.24, 2.45) is 11.3 Å². The molecule has 80 valence electrons. The van der Waals surface area contributed by atoms with Crippen LogP contribution in [0.4, 0.5) is 0 Å². The molecule has 1 saturated heterocycles. The second-order valence-electron chi connectivity index (χ2n) is 4.69. The predicted octanol–water partition coefficient (Wildman–Crippen LogP) is 0.158. The Hall–Kier alpha value is -1.10. The van der Waals surface area contributed by atoms with Gasteiger partial charge in [-0.2, -0.15) is 0 Å². The fourth-order valence-corrected chi connectivity index (χ4v) is 1.92. The largest absolute Gasteiger partial charge is 0.480 e. The number of carbonyl (C=O) groups is 2. The summed E-state index contributed by atoms with van der Waals surface area (Å²) >= 11 is 0. The molecule has 14 heavy (non-hydrogen) atoms. The minimum Gasteiger partial charge on any atom is -0.480 e. The maximum Gasteiger partial charge on any atom is 0.321 e. The van der Waals surface area contributed by atoms with E-state index in [0.29, 0.717) is 0 Å². The molecule has 0 radical (unpaired) electrons. The lowest BCUT2D eigenvalue weighted by atomic mass is 9.66. The number of hydrogen-bond acceptors (Lipinski definition) is 3. The standard InChI is InChI=1S/C9H15NO4/c1-9(2,3)4-5(7(11)12)10-6(4)8(13)14/h4-6,10H,1-3H3,(H,11,12)(H,13,14). The van der Waals surface area contributed by atoms with Gasteiger partial charge >= 0.3 is 11.9 Å². The van der Waals surface area contributed by atoms with Crippen LogP contribution in [0.2, 0.25) is 0 Å². The number of carboxylic acids is 2. The molecule has 0 aliphatic carbocycles. The molecule has 3 N–H and O–H groups in total. The number of nitrogens with one attached hydrogen (secondary N) is 1. The Bertz CT molecular complexity index is 248. The first-order valence-corrected chi connectivity index (χ1v) is 4.47. The monoisotopic (exact) mass is 201 g/mol. The smallest absolute Gasteiger partial charge is 0.321 e. The van der Waals surface area contributed by atoms with Crippen LogP contribution in [0.15, 0.2) is 0 Å². The van der Waals surface area contributed by atoms with Crippen LogP contribution in [-0.4, -0.2) is 34.2 Å². The van der Waals surface area contributed by atoms with Gasteiger partial charge in [0.1, 0.15) is 12.1 Å². The summed E-state index contributed by atoms with van der Waals surface area (Å²) in [5.74, 6) is -2.33. The molecule has 5 heteroatoms. The highest BCUT2D eigenvalue weighted by molar-refractivity contribution is 5.83. The van der Waals surface area contributed by atoms with E-state index in [9.17, 15) is 9.59 Å². The number of aliphatic carboxylic acids is 2. The summed E-state index contributed by atoms with van der Waals surface area (Å²) in [6.45, 7) is 5.55. The molecule has 0 spiro atoms. The number of rotatable bonds is 2. The van der Waals surface area contributed by atoms with Crippen LogP contribution < -0.4 is 5.32 Å². The molecule has 0 saturated carbocycles. The predicted molar refractivity (Wildman–Crippen MR) is 48.9 cm³/mol. The minimum atomic E-state index is -0.984. The fourth-order valence-electron chi connectivity index (χ4n) is 1.92. The van der Waals surface area contributed by atoms with E-state index >= 15 is 0 Å². The van der Waals surface area contributed by atoms with Crippen LogP contribution in [0.3, 0.4) is 0 Å². The Morgan fingerprint density at radius 2 is 1.43 bits per heavy atom. The first-order valence-electron chi connectivity index (χ1n) is 4.47. The highest BCUT2D eigenvalue weighted by atomic mass is 16.4. The molecule has 0 amide bonds. The molecule has 5 nitrogen and oxygen atoms in total. The average Bonchev–Trinajstić information content (AvgIpc) is 1.76. The van der Waals surface area contributed by atoms with Crippen molar-refractivity contribution in [1.29, 1.82) is 0 Å². The van der Waals surface area contributed by atoms with Crippen LogP contribution in [-0.2, 0) is 9.59 Å². The van der Waals surface area contributed by atoms with Crippen molar-refractivity contribution >= 4 is 11.9 Å². The fraction of sp³-hybridized carbons (Fsp3) is 0.778. The molecule has 1 aliphatic heterocycles. The van der Waals surface area contributed by atoms with Gasteiger partial charge < -0.3 is 10.2 Å². The van der Waals surface area contributed by atoms with Gasteiger partial charge in [0.25, 0.3) is 0 Å². The summed E-state index contributed by atoms with van der Waals surface area (Å²) < 4.78 is 0. The molecular formula is C9H15NO4. The van der Waals surface area contributed by atoms with Crippen LogP contribution in [0.5, 0.6) is 0 Å². The quantitative estimate of drug-likeness (QED) is 0.592. The summed E-state index contributed by atoms with van der Waals surface area (Å²) in [5, 5.41) is 20.2. The first kappa shape index (κ1) is 11.0. The number of carboxylic acid groups (broad SMARTS) is 2. The third-order valence-electron chi connectivity index (χ3n) is 2.61. The zero-order chi connectivity index (χ0) is 11.1. The van der Waals surface area contributed by atoms with E-state index < -0.39 is 24.0 Å². The van der Waals surface area contributed by atoms with Crippen molar-refractivity contribution in [2.45, 2.75) is 32.9 Å². The van der Waals surface area contributed by atoms with Gasteiger partial charge in [0.15, 0.2) is 0 Å². The lowest BCUT2D eigenvalue weighted by Crippen LogP contribution is -2.71. The van der Waals surface area contributed by atoms with Crippen LogP contribution >= 0.6 is 0 Å². The Labute approximate surface area is 82.1 Å². The van der Waals surface area contributed by atoms with E-state index in [1.165, 1.54) is 0 Å². The van der Waals surface area contributed by atoms with E-state index in [4.69, 9.17) is 10.2 Å². The zero-order valence-electron chi connectivity index (χ0n) is 8.44. The van der Waals surface area contributed by atoms with E-state index in [-0.39, 0.29) is 11.3 Å². The highest BCUT2D eigenvalue weighted by Gasteiger charge is 2.53. The summed E-state index contributed by atoms with van der Waals surface area (Å²) in [4.78, 5) is 21.5. The van der Waals surface area contributed by atoms with E-state index in [1.807, 2.05) is 20.8 Å². The SMILES string of the molecule is CC(C)(C)C1C(C(=O)O)NC1C(=O)O. The molecule has 0 aromatic rings. The second-order valence-corrected chi connectivity index (χ2v) is 4.69. The van der Waals surface area contributed by atoms with Gasteiger partial charge in [-0.1, -0.05) is 20.8 Å². The van der Waals surface area contributed by atoms with Crippen LogP contribution in [0.1, 0.15) is 20.8 Å². The van der Waals surface area contributed by atoms with Crippen LogP contribution in [0.25, 0.3) is 0 Å². The van der Waals surface area contributed by atoms with Crippen molar-refractivity contribution in [3.63, 3.8) is 0 Å². The van der Waals surface area contributed by atoms with Crippen LogP contribution in [0, 0.1) is 11.3 Å².